The van der Waals surface area contributed by atoms with Crippen LogP contribution in [0.3, 0.4) is 0 Å². The second-order valence-corrected chi connectivity index (χ2v) is 4.74. The molecule has 0 aliphatic carbocycles. The van der Waals surface area contributed by atoms with Gasteiger partial charge in [0.15, 0.2) is 6.61 Å². The largest absolute Gasteiger partial charge is 0.440 e. The van der Waals surface area contributed by atoms with E-state index in [1.807, 2.05) is 0 Å². The maximum Gasteiger partial charge on any atom is 0.422 e. The molecule has 1 saturated heterocycles. The van der Waals surface area contributed by atoms with Crippen molar-refractivity contribution in [3.05, 3.63) is 0 Å². The molecule has 0 saturated carbocycles. The number of ether oxygens (including phenoxy) is 2. The molecule has 1 rings (SSSR count). The van der Waals surface area contributed by atoms with Gasteiger partial charge in [-0.1, -0.05) is 0 Å². The number of carbonyl (C=O) groups excluding carboxylic acids is 1. The molecule has 0 aromatic rings. The summed E-state index contributed by atoms with van der Waals surface area (Å²) >= 11 is 0. The van der Waals surface area contributed by atoms with Crippen molar-refractivity contribution in [3.8, 4) is 0 Å². The second-order valence-electron chi connectivity index (χ2n) is 4.74. The summed E-state index contributed by atoms with van der Waals surface area (Å²) in [5.41, 5.74) is -0.574. The van der Waals surface area contributed by atoms with Crippen LogP contribution in [-0.4, -0.2) is 48.6 Å². The number of halogens is 3. The molecule has 100 valence electrons. The molecule has 1 unspecified atom stereocenters. The van der Waals surface area contributed by atoms with Crippen molar-refractivity contribution >= 4 is 6.09 Å². The zero-order valence-electron chi connectivity index (χ0n) is 10.0. The summed E-state index contributed by atoms with van der Waals surface area (Å²) in [5.74, 6) is 0. The summed E-state index contributed by atoms with van der Waals surface area (Å²) in [7, 11) is 0. The first kappa shape index (κ1) is 14.1. The molecule has 0 radical (unpaired) electrons. The number of hydrogen-bond donors (Lipinski definition) is 0. The molecule has 17 heavy (non-hydrogen) atoms. The Morgan fingerprint density at radius 3 is 2.59 bits per heavy atom. The Labute approximate surface area is 97.7 Å². The molecular formula is C10H16F3NO3. The topological polar surface area (TPSA) is 38.8 Å². The van der Waals surface area contributed by atoms with Crippen LogP contribution in [0.5, 0.6) is 0 Å². The van der Waals surface area contributed by atoms with Crippen LogP contribution in [0, 0.1) is 0 Å². The minimum Gasteiger partial charge on any atom is -0.440 e. The molecule has 1 amide bonds. The van der Waals surface area contributed by atoms with Crippen molar-refractivity contribution in [2.24, 2.45) is 0 Å². The highest BCUT2D eigenvalue weighted by Gasteiger charge is 2.36. The van der Waals surface area contributed by atoms with Crippen LogP contribution in [0.4, 0.5) is 18.0 Å². The standard InChI is InChI=1S/C10H16F3NO3/c1-7-4-14(5-9(2,3)17-7)8(15)16-6-10(11,12)13/h7H,4-6H2,1-3H3. The Morgan fingerprint density at radius 1 is 1.53 bits per heavy atom. The van der Waals surface area contributed by atoms with Gasteiger partial charge in [-0.2, -0.15) is 13.2 Å². The number of alkyl halides is 3. The Balaban J connectivity index is 2.52. The van der Waals surface area contributed by atoms with Gasteiger partial charge < -0.3 is 14.4 Å². The highest BCUT2D eigenvalue weighted by molar-refractivity contribution is 5.68. The van der Waals surface area contributed by atoms with Gasteiger partial charge in [-0.15, -0.1) is 0 Å². The van der Waals surface area contributed by atoms with Gasteiger partial charge in [-0.05, 0) is 20.8 Å². The third-order valence-corrected chi connectivity index (χ3v) is 2.19. The van der Waals surface area contributed by atoms with Crippen molar-refractivity contribution in [1.29, 1.82) is 0 Å². The van der Waals surface area contributed by atoms with Crippen LogP contribution < -0.4 is 0 Å². The summed E-state index contributed by atoms with van der Waals surface area (Å²) in [6.07, 6.45) is -5.67. The fourth-order valence-corrected chi connectivity index (χ4v) is 1.83. The number of rotatable bonds is 1. The molecule has 1 atom stereocenters. The Morgan fingerprint density at radius 2 is 2.12 bits per heavy atom. The molecular weight excluding hydrogens is 239 g/mol. The maximum atomic E-state index is 11.9. The van der Waals surface area contributed by atoms with Gasteiger partial charge in [-0.25, -0.2) is 4.79 Å². The van der Waals surface area contributed by atoms with E-state index in [0.29, 0.717) is 0 Å². The van der Waals surface area contributed by atoms with E-state index in [0.717, 1.165) is 0 Å². The van der Waals surface area contributed by atoms with Crippen LogP contribution in [-0.2, 0) is 9.47 Å². The SMILES string of the molecule is CC1CN(C(=O)OCC(F)(F)F)CC(C)(C)O1. The predicted molar refractivity (Wildman–Crippen MR) is 53.6 cm³/mol. The van der Waals surface area contributed by atoms with Crippen LogP contribution >= 0.6 is 0 Å². The molecule has 1 heterocycles. The average molecular weight is 255 g/mol. The summed E-state index contributed by atoms with van der Waals surface area (Å²) in [4.78, 5) is 12.7. The smallest absolute Gasteiger partial charge is 0.422 e. The van der Waals surface area contributed by atoms with Crippen LogP contribution in [0.1, 0.15) is 20.8 Å². The summed E-state index contributed by atoms with van der Waals surface area (Å²) in [5, 5.41) is 0. The van der Waals surface area contributed by atoms with E-state index >= 15 is 0 Å². The van der Waals surface area contributed by atoms with Crippen molar-refractivity contribution in [1.82, 2.24) is 4.90 Å². The molecule has 1 aliphatic rings. The molecule has 1 fully saturated rings. The second kappa shape index (κ2) is 4.72. The van der Waals surface area contributed by atoms with Crippen molar-refractivity contribution in [2.75, 3.05) is 19.7 Å². The maximum absolute atomic E-state index is 11.9. The number of nitrogens with zero attached hydrogens (tertiary/aromatic N) is 1. The van der Waals surface area contributed by atoms with Crippen molar-refractivity contribution < 1.29 is 27.4 Å². The first-order chi connectivity index (χ1) is 7.59. The molecule has 0 aromatic carbocycles. The predicted octanol–water partition coefficient (Wildman–Crippen LogP) is 2.18. The zero-order valence-corrected chi connectivity index (χ0v) is 10.0. The monoisotopic (exact) mass is 255 g/mol. The first-order valence-corrected chi connectivity index (χ1v) is 5.25. The number of hydrogen-bond acceptors (Lipinski definition) is 3. The molecule has 0 N–H and O–H groups in total. The fraction of sp³-hybridized carbons (Fsp3) is 0.900. The molecule has 0 bridgehead atoms. The number of morpholine rings is 1. The van der Waals surface area contributed by atoms with Crippen LogP contribution in [0.15, 0.2) is 0 Å². The lowest BCUT2D eigenvalue weighted by Gasteiger charge is -2.41. The van der Waals surface area contributed by atoms with Crippen molar-refractivity contribution in [3.63, 3.8) is 0 Å². The van der Waals surface area contributed by atoms with E-state index < -0.39 is 24.5 Å². The summed E-state index contributed by atoms with van der Waals surface area (Å²) in [6.45, 7) is 4.19. The first-order valence-electron chi connectivity index (χ1n) is 5.25. The average Bonchev–Trinajstić information content (AvgIpc) is 2.09. The molecule has 1 aliphatic heterocycles. The normalized spacial score (nSPS) is 24.6. The fourth-order valence-electron chi connectivity index (χ4n) is 1.83. The Kier molecular flexibility index (Phi) is 3.91. The van der Waals surface area contributed by atoms with E-state index in [-0.39, 0.29) is 19.2 Å². The van der Waals surface area contributed by atoms with E-state index in [1.54, 1.807) is 20.8 Å². The molecule has 0 spiro atoms. The Bertz CT molecular complexity index is 291. The van der Waals surface area contributed by atoms with Gasteiger partial charge in [0, 0.05) is 0 Å². The third kappa shape index (κ3) is 4.80. The minimum absolute atomic E-state index is 0.216. The molecule has 0 aromatic heterocycles. The van der Waals surface area contributed by atoms with Crippen molar-refractivity contribution in [2.45, 2.75) is 38.7 Å². The van der Waals surface area contributed by atoms with Gasteiger partial charge in [0.05, 0.1) is 24.8 Å². The van der Waals surface area contributed by atoms with Crippen LogP contribution in [0.2, 0.25) is 0 Å². The molecule has 7 heteroatoms. The van der Waals surface area contributed by atoms with E-state index in [9.17, 15) is 18.0 Å². The van der Waals surface area contributed by atoms with Gasteiger partial charge in [0.1, 0.15) is 0 Å². The quantitative estimate of drug-likeness (QED) is 0.721. The van der Waals surface area contributed by atoms with E-state index in [2.05, 4.69) is 4.74 Å². The highest BCUT2D eigenvalue weighted by Crippen LogP contribution is 2.22. The van der Waals surface area contributed by atoms with Gasteiger partial charge >= 0.3 is 12.3 Å². The summed E-state index contributed by atoms with van der Waals surface area (Å²) in [6, 6.07) is 0. The zero-order chi connectivity index (χ0) is 13.3. The van der Waals surface area contributed by atoms with E-state index in [4.69, 9.17) is 4.74 Å². The lowest BCUT2D eigenvalue weighted by Crippen LogP contribution is -2.54. The Hall–Kier alpha value is -0.980. The van der Waals surface area contributed by atoms with Crippen LogP contribution in [0.25, 0.3) is 0 Å². The van der Waals surface area contributed by atoms with Gasteiger partial charge in [0.25, 0.3) is 0 Å². The van der Waals surface area contributed by atoms with E-state index in [1.165, 1.54) is 4.90 Å². The van der Waals surface area contributed by atoms with Gasteiger partial charge in [0.2, 0.25) is 0 Å². The summed E-state index contributed by atoms with van der Waals surface area (Å²) < 4.78 is 45.4. The van der Waals surface area contributed by atoms with Gasteiger partial charge in [-0.3, -0.25) is 0 Å². The molecule has 4 nitrogen and oxygen atoms in total. The third-order valence-electron chi connectivity index (χ3n) is 2.19. The number of carbonyl (C=O) groups is 1. The highest BCUT2D eigenvalue weighted by atomic mass is 19.4. The lowest BCUT2D eigenvalue weighted by molar-refractivity contribution is -0.167. The number of amides is 1. The minimum atomic E-state index is -4.50. The lowest BCUT2D eigenvalue weighted by atomic mass is 10.1.